The molecule has 1 unspecified atom stereocenters. The van der Waals surface area contributed by atoms with E-state index in [9.17, 15) is 4.79 Å². The third-order valence-electron chi connectivity index (χ3n) is 4.01. The van der Waals surface area contributed by atoms with Crippen LogP contribution in [0.2, 0.25) is 0 Å². The van der Waals surface area contributed by atoms with E-state index in [0.29, 0.717) is 0 Å². The molecule has 1 fully saturated rings. The van der Waals surface area contributed by atoms with Crippen LogP contribution in [0.4, 0.5) is 5.69 Å². The van der Waals surface area contributed by atoms with Crippen molar-refractivity contribution in [2.45, 2.75) is 19.8 Å². The average molecular weight is 342 g/mol. The van der Waals surface area contributed by atoms with Gasteiger partial charge in [-0.05, 0) is 50.6 Å². The van der Waals surface area contributed by atoms with E-state index in [0.717, 1.165) is 42.5 Å². The van der Waals surface area contributed by atoms with Gasteiger partial charge in [0.05, 0.1) is 10.9 Å². The van der Waals surface area contributed by atoms with Crippen molar-refractivity contribution in [3.8, 4) is 0 Å². The highest BCUT2D eigenvalue weighted by Gasteiger charge is 2.34. The van der Waals surface area contributed by atoms with Crippen molar-refractivity contribution < 1.29 is 4.79 Å². The Labute approximate surface area is 142 Å². The van der Waals surface area contributed by atoms with Gasteiger partial charge in [-0.25, -0.2) is 0 Å². The van der Waals surface area contributed by atoms with E-state index in [1.54, 1.807) is 6.20 Å². The van der Waals surface area contributed by atoms with Crippen LogP contribution in [0.3, 0.4) is 0 Å². The van der Waals surface area contributed by atoms with Crippen LogP contribution in [-0.2, 0) is 4.79 Å². The minimum absolute atomic E-state index is 0. The molecule has 1 amide bonds. The summed E-state index contributed by atoms with van der Waals surface area (Å²) in [4.78, 5) is 16.7. The van der Waals surface area contributed by atoms with Crippen LogP contribution in [0.25, 0.3) is 10.9 Å². The van der Waals surface area contributed by atoms with Crippen LogP contribution in [0.5, 0.6) is 0 Å². The molecule has 0 saturated carbocycles. The summed E-state index contributed by atoms with van der Waals surface area (Å²) in [5.41, 5.74) is 1.46. The number of benzene rings is 1. The summed E-state index contributed by atoms with van der Waals surface area (Å²) in [6.45, 7) is 3.77. The Morgan fingerprint density at radius 2 is 2.14 bits per heavy atom. The van der Waals surface area contributed by atoms with Crippen molar-refractivity contribution in [1.82, 2.24) is 10.3 Å². The molecule has 2 aromatic rings. The Bertz CT molecular complexity index is 642. The molecule has 0 bridgehead atoms. The number of nitrogens with one attached hydrogen (secondary N) is 2. The van der Waals surface area contributed by atoms with Crippen molar-refractivity contribution in [3.05, 3.63) is 36.5 Å². The van der Waals surface area contributed by atoms with Crippen molar-refractivity contribution in [2.24, 2.45) is 5.41 Å². The van der Waals surface area contributed by atoms with E-state index < -0.39 is 0 Å². The van der Waals surface area contributed by atoms with Crippen molar-refractivity contribution in [1.29, 1.82) is 0 Å². The summed E-state index contributed by atoms with van der Waals surface area (Å²) in [7, 11) is 0. The third-order valence-corrected chi connectivity index (χ3v) is 4.01. The molecule has 1 aliphatic heterocycles. The zero-order chi connectivity index (χ0) is 14.0. The predicted octanol–water partition coefficient (Wildman–Crippen LogP) is 3.41. The van der Waals surface area contributed by atoms with E-state index in [1.165, 1.54) is 0 Å². The molecule has 1 aromatic carbocycles. The molecule has 1 aliphatic rings. The monoisotopic (exact) mass is 341 g/mol. The second-order valence-electron chi connectivity index (χ2n) is 5.71. The molecule has 4 nitrogen and oxygen atoms in total. The van der Waals surface area contributed by atoms with Crippen LogP contribution in [0, 0.1) is 5.41 Å². The number of halogens is 2. The number of amides is 1. The number of pyridine rings is 1. The van der Waals surface area contributed by atoms with Gasteiger partial charge >= 0.3 is 0 Å². The maximum atomic E-state index is 12.5. The number of nitrogens with zero attached hydrogens (tertiary/aromatic N) is 1. The van der Waals surface area contributed by atoms with Gasteiger partial charge in [0, 0.05) is 23.8 Å². The van der Waals surface area contributed by atoms with E-state index >= 15 is 0 Å². The number of aromatic nitrogens is 1. The number of hydrogen-bond donors (Lipinski definition) is 2. The molecular formula is C16H21Cl2N3O. The summed E-state index contributed by atoms with van der Waals surface area (Å²) in [5, 5.41) is 7.38. The number of anilines is 1. The van der Waals surface area contributed by atoms with E-state index in [4.69, 9.17) is 0 Å². The van der Waals surface area contributed by atoms with Crippen LogP contribution < -0.4 is 10.6 Å². The quantitative estimate of drug-likeness (QED) is 0.879. The Morgan fingerprint density at radius 1 is 1.32 bits per heavy atom. The number of piperidine rings is 1. The lowest BCUT2D eigenvalue weighted by atomic mass is 9.82. The fraction of sp³-hybridized carbons (Fsp3) is 0.375. The molecule has 0 radical (unpaired) electrons. The molecule has 1 atom stereocenters. The minimum atomic E-state index is -0.317. The summed E-state index contributed by atoms with van der Waals surface area (Å²) < 4.78 is 0. The number of rotatable bonds is 2. The van der Waals surface area contributed by atoms with Crippen LogP contribution in [-0.4, -0.2) is 24.0 Å². The van der Waals surface area contributed by atoms with Crippen molar-refractivity contribution >= 4 is 47.3 Å². The molecule has 2 heterocycles. The largest absolute Gasteiger partial charge is 0.326 e. The molecule has 3 rings (SSSR count). The highest BCUT2D eigenvalue weighted by atomic mass is 35.5. The van der Waals surface area contributed by atoms with Gasteiger partial charge in [0.1, 0.15) is 0 Å². The number of fused-ring (bicyclic) bond motifs is 1. The summed E-state index contributed by atoms with van der Waals surface area (Å²) >= 11 is 0. The Balaban J connectivity index is 0.00000121. The van der Waals surface area contributed by atoms with Crippen LogP contribution in [0.1, 0.15) is 19.8 Å². The molecule has 22 heavy (non-hydrogen) atoms. The van der Waals surface area contributed by atoms with Gasteiger partial charge in [0.15, 0.2) is 0 Å². The fourth-order valence-corrected chi connectivity index (χ4v) is 2.69. The summed E-state index contributed by atoms with van der Waals surface area (Å²) in [6.07, 6.45) is 3.75. The maximum absolute atomic E-state index is 12.5. The smallest absolute Gasteiger partial charge is 0.231 e. The van der Waals surface area contributed by atoms with Gasteiger partial charge in [-0.1, -0.05) is 6.07 Å². The third kappa shape index (κ3) is 3.88. The Morgan fingerprint density at radius 3 is 2.86 bits per heavy atom. The van der Waals surface area contributed by atoms with Gasteiger partial charge in [-0.2, -0.15) is 0 Å². The van der Waals surface area contributed by atoms with Gasteiger partial charge < -0.3 is 10.6 Å². The lowest BCUT2D eigenvalue weighted by Crippen LogP contribution is -2.46. The van der Waals surface area contributed by atoms with E-state index in [2.05, 4.69) is 15.6 Å². The van der Waals surface area contributed by atoms with Crippen molar-refractivity contribution in [3.63, 3.8) is 0 Å². The first-order valence-corrected chi connectivity index (χ1v) is 7.04. The summed E-state index contributed by atoms with van der Waals surface area (Å²) in [5.74, 6) is 0.0907. The lowest BCUT2D eigenvalue weighted by Gasteiger charge is -2.32. The highest BCUT2D eigenvalue weighted by Crippen LogP contribution is 2.27. The second kappa shape index (κ2) is 7.77. The first kappa shape index (κ1) is 18.7. The lowest BCUT2D eigenvalue weighted by molar-refractivity contribution is -0.125. The second-order valence-corrected chi connectivity index (χ2v) is 5.71. The molecule has 0 spiro atoms. The van der Waals surface area contributed by atoms with E-state index in [1.807, 2.05) is 37.3 Å². The Hall–Kier alpha value is -1.36. The standard InChI is InChI=1S/C16H19N3O.2ClH/c1-16(7-3-8-17-11-16)15(20)19-13-5-6-14-12(10-13)4-2-9-18-14;;/h2,4-6,9-10,17H,3,7-8,11H2,1H3,(H,19,20);2*1H. The fourth-order valence-electron chi connectivity index (χ4n) is 2.69. The molecule has 0 aliphatic carbocycles. The first-order chi connectivity index (χ1) is 9.67. The van der Waals surface area contributed by atoms with Gasteiger partial charge in [0.25, 0.3) is 0 Å². The highest BCUT2D eigenvalue weighted by molar-refractivity contribution is 5.97. The number of carbonyl (C=O) groups excluding carboxylic acids is 1. The first-order valence-electron chi connectivity index (χ1n) is 7.04. The summed E-state index contributed by atoms with van der Waals surface area (Å²) in [6, 6.07) is 9.72. The Kier molecular flexibility index (Phi) is 6.60. The maximum Gasteiger partial charge on any atom is 0.231 e. The SMILES string of the molecule is CC1(C(=O)Nc2ccc3ncccc3c2)CCCNC1.Cl.Cl. The van der Waals surface area contributed by atoms with Crippen LogP contribution in [0.15, 0.2) is 36.5 Å². The molecule has 2 N–H and O–H groups in total. The number of hydrogen-bond acceptors (Lipinski definition) is 3. The van der Waals surface area contributed by atoms with Crippen LogP contribution >= 0.6 is 24.8 Å². The van der Waals surface area contributed by atoms with Gasteiger partial charge in [-0.3, -0.25) is 9.78 Å². The molecule has 120 valence electrons. The number of carbonyl (C=O) groups is 1. The molecule has 1 saturated heterocycles. The topological polar surface area (TPSA) is 54.0 Å². The van der Waals surface area contributed by atoms with E-state index in [-0.39, 0.29) is 36.1 Å². The zero-order valence-electron chi connectivity index (χ0n) is 12.5. The molecule has 1 aromatic heterocycles. The zero-order valence-corrected chi connectivity index (χ0v) is 14.1. The molecule has 6 heteroatoms. The van der Waals surface area contributed by atoms with Crippen molar-refractivity contribution in [2.75, 3.05) is 18.4 Å². The predicted molar refractivity (Wildman–Crippen MR) is 95.1 cm³/mol. The molecular weight excluding hydrogens is 321 g/mol. The normalized spacial score (nSPS) is 20.6. The van der Waals surface area contributed by atoms with Gasteiger partial charge in [-0.15, -0.1) is 24.8 Å². The minimum Gasteiger partial charge on any atom is -0.326 e. The average Bonchev–Trinajstić information content (AvgIpc) is 2.48. The van der Waals surface area contributed by atoms with Gasteiger partial charge in [0.2, 0.25) is 5.91 Å².